The molecule has 0 aliphatic rings. The fourth-order valence-corrected chi connectivity index (χ4v) is 2.42. The number of hydrogen-bond acceptors (Lipinski definition) is 6. The Hall–Kier alpha value is -2.54. The molecule has 0 saturated heterocycles. The van der Waals surface area contributed by atoms with Crippen LogP contribution in [0.4, 0.5) is 16.0 Å². The highest BCUT2D eigenvalue weighted by molar-refractivity contribution is 7.19. The second-order valence-electron chi connectivity index (χ2n) is 4.08. The van der Waals surface area contributed by atoms with Crippen molar-refractivity contribution in [3.8, 4) is 11.3 Å². The summed E-state index contributed by atoms with van der Waals surface area (Å²) in [7, 11) is 1.81. The van der Waals surface area contributed by atoms with Crippen LogP contribution in [0.2, 0.25) is 0 Å². The fourth-order valence-electron chi connectivity index (χ4n) is 1.74. The molecular formula is C13H12N6S. The van der Waals surface area contributed by atoms with Crippen molar-refractivity contribution in [1.82, 2.24) is 14.8 Å². The summed E-state index contributed by atoms with van der Waals surface area (Å²) in [6.07, 6.45) is 1.67. The van der Waals surface area contributed by atoms with E-state index in [1.807, 2.05) is 37.4 Å². The molecule has 7 heteroatoms. The van der Waals surface area contributed by atoms with Gasteiger partial charge in [-0.2, -0.15) is 5.10 Å². The van der Waals surface area contributed by atoms with Gasteiger partial charge in [-0.1, -0.05) is 41.7 Å². The highest BCUT2D eigenvalue weighted by Crippen LogP contribution is 2.37. The van der Waals surface area contributed by atoms with Gasteiger partial charge < -0.3 is 5.73 Å². The first-order valence-electron chi connectivity index (χ1n) is 5.95. The van der Waals surface area contributed by atoms with Crippen LogP contribution in [0.5, 0.6) is 0 Å². The minimum absolute atomic E-state index is 0.475. The van der Waals surface area contributed by atoms with E-state index in [9.17, 15) is 0 Å². The summed E-state index contributed by atoms with van der Waals surface area (Å²) in [6.45, 7) is 0. The van der Waals surface area contributed by atoms with Crippen LogP contribution in [0.1, 0.15) is 0 Å². The van der Waals surface area contributed by atoms with E-state index in [2.05, 4.69) is 20.3 Å². The Bertz CT molecular complexity index is 743. The molecule has 0 aliphatic heterocycles. The SMILES string of the molecule is Cn1nccc1N=Nc1sc(N)nc1-c1ccccc1. The van der Waals surface area contributed by atoms with Crippen molar-refractivity contribution in [2.45, 2.75) is 0 Å². The number of aryl methyl sites for hydroxylation is 1. The topological polar surface area (TPSA) is 81.5 Å². The van der Waals surface area contributed by atoms with Gasteiger partial charge in [0, 0.05) is 18.7 Å². The first kappa shape index (κ1) is 12.5. The minimum Gasteiger partial charge on any atom is -0.375 e. The molecule has 0 atom stereocenters. The Balaban J connectivity index is 1.99. The van der Waals surface area contributed by atoms with E-state index in [4.69, 9.17) is 5.73 Å². The first-order valence-corrected chi connectivity index (χ1v) is 6.77. The summed E-state index contributed by atoms with van der Waals surface area (Å²) in [6, 6.07) is 11.6. The predicted molar refractivity (Wildman–Crippen MR) is 79.3 cm³/mol. The first-order chi connectivity index (χ1) is 9.74. The maximum Gasteiger partial charge on any atom is 0.182 e. The molecule has 0 saturated carbocycles. The number of nitrogen functional groups attached to an aromatic ring is 1. The molecule has 100 valence electrons. The van der Waals surface area contributed by atoms with Crippen molar-refractivity contribution in [1.29, 1.82) is 0 Å². The van der Waals surface area contributed by atoms with E-state index in [1.165, 1.54) is 11.3 Å². The molecule has 1 aromatic carbocycles. The summed E-state index contributed by atoms with van der Waals surface area (Å²) in [5, 5.41) is 13.6. The predicted octanol–water partition coefficient (Wildman–Crippen LogP) is 3.54. The van der Waals surface area contributed by atoms with Crippen LogP contribution in [0.15, 0.2) is 52.8 Å². The van der Waals surface area contributed by atoms with Crippen LogP contribution in [0.3, 0.4) is 0 Å². The minimum atomic E-state index is 0.475. The molecule has 0 bridgehead atoms. The van der Waals surface area contributed by atoms with Gasteiger partial charge in [-0.25, -0.2) is 9.67 Å². The zero-order valence-electron chi connectivity index (χ0n) is 10.8. The normalized spacial score (nSPS) is 11.2. The number of aromatic nitrogens is 3. The maximum atomic E-state index is 5.78. The smallest absolute Gasteiger partial charge is 0.182 e. The van der Waals surface area contributed by atoms with Crippen LogP contribution < -0.4 is 5.73 Å². The highest BCUT2D eigenvalue weighted by atomic mass is 32.1. The third-order valence-corrected chi connectivity index (χ3v) is 3.48. The van der Waals surface area contributed by atoms with Crippen LogP contribution in [-0.2, 0) is 7.05 Å². The van der Waals surface area contributed by atoms with Crippen LogP contribution >= 0.6 is 11.3 Å². The number of nitrogens with zero attached hydrogens (tertiary/aromatic N) is 5. The molecule has 2 heterocycles. The summed E-state index contributed by atoms with van der Waals surface area (Å²) in [5.74, 6) is 0.677. The number of thiazole rings is 1. The Morgan fingerprint density at radius 2 is 1.95 bits per heavy atom. The lowest BCUT2D eigenvalue weighted by molar-refractivity contribution is 0.764. The molecule has 0 spiro atoms. The molecule has 0 fully saturated rings. The summed E-state index contributed by atoms with van der Waals surface area (Å²) in [4.78, 5) is 4.32. The molecular weight excluding hydrogens is 272 g/mol. The van der Waals surface area contributed by atoms with Gasteiger partial charge in [-0.15, -0.1) is 10.2 Å². The molecule has 0 radical (unpaired) electrons. The van der Waals surface area contributed by atoms with Crippen molar-refractivity contribution in [2.24, 2.45) is 17.3 Å². The van der Waals surface area contributed by atoms with Gasteiger partial charge in [0.2, 0.25) is 0 Å². The largest absolute Gasteiger partial charge is 0.375 e. The van der Waals surface area contributed by atoms with Crippen molar-refractivity contribution in [3.05, 3.63) is 42.6 Å². The molecule has 3 rings (SSSR count). The molecule has 0 aliphatic carbocycles. The van der Waals surface area contributed by atoms with E-state index in [0.717, 1.165) is 11.3 Å². The van der Waals surface area contributed by atoms with E-state index >= 15 is 0 Å². The lowest BCUT2D eigenvalue weighted by Gasteiger charge is -1.97. The average Bonchev–Trinajstić information content (AvgIpc) is 3.03. The third kappa shape index (κ3) is 2.43. The lowest BCUT2D eigenvalue weighted by Crippen LogP contribution is -1.86. The van der Waals surface area contributed by atoms with Gasteiger partial charge in [0.15, 0.2) is 16.0 Å². The molecule has 2 N–H and O–H groups in total. The standard InChI is InChI=1S/C13H12N6S/c1-19-10(7-8-15-19)17-18-12-11(16-13(14)20-12)9-5-3-2-4-6-9/h2-8H,1H3,(H2,14,16). The van der Waals surface area contributed by atoms with Crippen LogP contribution in [0.25, 0.3) is 11.3 Å². The Morgan fingerprint density at radius 3 is 2.65 bits per heavy atom. The third-order valence-electron chi connectivity index (χ3n) is 2.71. The monoisotopic (exact) mass is 284 g/mol. The molecule has 20 heavy (non-hydrogen) atoms. The quantitative estimate of drug-likeness (QED) is 0.747. The fraction of sp³-hybridized carbons (Fsp3) is 0.0769. The van der Waals surface area contributed by atoms with Gasteiger partial charge in [0.25, 0.3) is 0 Å². The number of azo groups is 1. The maximum absolute atomic E-state index is 5.78. The van der Waals surface area contributed by atoms with Gasteiger partial charge in [-0.05, 0) is 0 Å². The van der Waals surface area contributed by atoms with Gasteiger partial charge in [-0.3, -0.25) is 0 Å². The Labute approximate surface area is 119 Å². The van der Waals surface area contributed by atoms with Crippen molar-refractivity contribution >= 4 is 27.3 Å². The van der Waals surface area contributed by atoms with E-state index in [-0.39, 0.29) is 0 Å². The summed E-state index contributed by atoms with van der Waals surface area (Å²) < 4.78 is 1.65. The highest BCUT2D eigenvalue weighted by Gasteiger charge is 2.11. The molecule has 3 aromatic rings. The van der Waals surface area contributed by atoms with Crippen LogP contribution in [0, 0.1) is 0 Å². The Kier molecular flexibility index (Phi) is 3.26. The lowest BCUT2D eigenvalue weighted by atomic mass is 10.2. The van der Waals surface area contributed by atoms with Gasteiger partial charge in [0.05, 0.1) is 6.20 Å². The molecule has 6 nitrogen and oxygen atoms in total. The number of hydrogen-bond donors (Lipinski definition) is 1. The average molecular weight is 284 g/mol. The van der Waals surface area contributed by atoms with Crippen molar-refractivity contribution in [3.63, 3.8) is 0 Å². The zero-order valence-corrected chi connectivity index (χ0v) is 11.6. The van der Waals surface area contributed by atoms with E-state index in [0.29, 0.717) is 16.0 Å². The number of benzene rings is 1. The molecule has 0 amide bonds. The molecule has 2 aromatic heterocycles. The number of rotatable bonds is 3. The summed E-state index contributed by atoms with van der Waals surface area (Å²) in [5.41, 5.74) is 7.50. The van der Waals surface area contributed by atoms with Crippen LogP contribution in [-0.4, -0.2) is 14.8 Å². The van der Waals surface area contributed by atoms with E-state index < -0.39 is 0 Å². The number of anilines is 1. The van der Waals surface area contributed by atoms with Gasteiger partial charge in [0.1, 0.15) is 5.69 Å². The second-order valence-corrected chi connectivity index (χ2v) is 5.09. The zero-order chi connectivity index (χ0) is 13.9. The molecule has 0 unspecified atom stereocenters. The summed E-state index contributed by atoms with van der Waals surface area (Å²) >= 11 is 1.31. The second kappa shape index (κ2) is 5.22. The van der Waals surface area contributed by atoms with Crippen molar-refractivity contribution in [2.75, 3.05) is 5.73 Å². The number of nitrogens with two attached hydrogens (primary N) is 1. The van der Waals surface area contributed by atoms with Crippen molar-refractivity contribution < 1.29 is 0 Å². The Morgan fingerprint density at radius 1 is 1.15 bits per heavy atom. The van der Waals surface area contributed by atoms with Gasteiger partial charge >= 0.3 is 0 Å². The van der Waals surface area contributed by atoms with E-state index in [1.54, 1.807) is 16.9 Å².